The molecule has 1 unspecified atom stereocenters. The van der Waals surface area contributed by atoms with E-state index >= 15 is 0 Å². The second-order valence-electron chi connectivity index (χ2n) is 4.06. The molecular formula is C11H10F4N2O. The number of benzene rings is 1. The molecule has 2 rings (SSSR count). The van der Waals surface area contributed by atoms with Crippen LogP contribution in [0.1, 0.15) is 17.9 Å². The molecule has 0 saturated carbocycles. The minimum Gasteiger partial charge on any atom is -0.411 e. The number of halogens is 4. The van der Waals surface area contributed by atoms with Crippen molar-refractivity contribution >= 4 is 11.4 Å². The summed E-state index contributed by atoms with van der Waals surface area (Å²) in [7, 11) is 0. The fraction of sp³-hybridized carbons (Fsp3) is 0.364. The molecular weight excluding hydrogens is 252 g/mol. The maximum Gasteiger partial charge on any atom is 0.432 e. The van der Waals surface area contributed by atoms with E-state index in [2.05, 4.69) is 10.5 Å². The smallest absolute Gasteiger partial charge is 0.411 e. The summed E-state index contributed by atoms with van der Waals surface area (Å²) in [4.78, 5) is 0. The van der Waals surface area contributed by atoms with E-state index in [0.717, 1.165) is 0 Å². The molecule has 3 nitrogen and oxygen atoms in total. The van der Waals surface area contributed by atoms with Crippen LogP contribution in [0.25, 0.3) is 0 Å². The van der Waals surface area contributed by atoms with Crippen LogP contribution < -0.4 is 5.32 Å². The molecule has 0 aliphatic carbocycles. The number of anilines is 1. The third kappa shape index (κ3) is 2.39. The monoisotopic (exact) mass is 262 g/mol. The van der Waals surface area contributed by atoms with Gasteiger partial charge in [-0.3, -0.25) is 0 Å². The highest BCUT2D eigenvalue weighted by Gasteiger charge is 2.39. The number of hydrogen-bond acceptors (Lipinski definition) is 3. The molecule has 0 spiro atoms. The first kappa shape index (κ1) is 12.7. The Labute approximate surface area is 100 Å². The average Bonchev–Trinajstić information content (AvgIpc) is 2.66. The Kier molecular flexibility index (Phi) is 3.14. The zero-order valence-electron chi connectivity index (χ0n) is 9.13. The average molecular weight is 262 g/mol. The number of fused-ring (bicyclic) bond motifs is 1. The molecule has 0 amide bonds. The van der Waals surface area contributed by atoms with Crippen molar-refractivity contribution in [1.29, 1.82) is 0 Å². The van der Waals surface area contributed by atoms with Crippen molar-refractivity contribution < 1.29 is 22.8 Å². The fourth-order valence-electron chi connectivity index (χ4n) is 2.00. The predicted octanol–water partition coefficient (Wildman–Crippen LogP) is 3.12. The lowest BCUT2D eigenvalue weighted by molar-refractivity contribution is -0.0629. The zero-order valence-corrected chi connectivity index (χ0v) is 9.13. The summed E-state index contributed by atoms with van der Waals surface area (Å²) in [6, 6.07) is 3.92. The van der Waals surface area contributed by atoms with E-state index in [9.17, 15) is 17.6 Å². The molecule has 1 aromatic rings. The number of nitrogens with zero attached hydrogens (tertiary/aromatic N) is 1. The maximum absolute atomic E-state index is 13.1. The van der Waals surface area contributed by atoms with Crippen LogP contribution in [-0.2, 0) is 0 Å². The molecule has 98 valence electrons. The number of nitrogens with one attached hydrogen (secondary N) is 1. The van der Waals surface area contributed by atoms with Gasteiger partial charge in [0.1, 0.15) is 5.82 Å². The van der Waals surface area contributed by atoms with Gasteiger partial charge in [0.05, 0.1) is 0 Å². The molecule has 1 aliphatic rings. The third-order valence-corrected chi connectivity index (χ3v) is 2.88. The first-order valence-electron chi connectivity index (χ1n) is 5.23. The van der Waals surface area contributed by atoms with E-state index in [1.165, 1.54) is 18.2 Å². The van der Waals surface area contributed by atoms with Gasteiger partial charge in [-0.1, -0.05) is 5.16 Å². The van der Waals surface area contributed by atoms with Gasteiger partial charge in [-0.25, -0.2) is 4.39 Å². The lowest BCUT2D eigenvalue weighted by Gasteiger charge is -2.13. The molecule has 0 radical (unpaired) electrons. The van der Waals surface area contributed by atoms with Gasteiger partial charge < -0.3 is 10.5 Å². The largest absolute Gasteiger partial charge is 0.432 e. The van der Waals surface area contributed by atoms with E-state index < -0.39 is 30.0 Å². The number of rotatable bonds is 2. The molecule has 0 saturated heterocycles. The first-order chi connectivity index (χ1) is 8.41. The number of alkyl halides is 3. The molecule has 1 aliphatic heterocycles. The van der Waals surface area contributed by atoms with Gasteiger partial charge in [-0.2, -0.15) is 13.2 Å². The van der Waals surface area contributed by atoms with Gasteiger partial charge in [0.2, 0.25) is 0 Å². The highest BCUT2D eigenvalue weighted by atomic mass is 19.4. The molecule has 18 heavy (non-hydrogen) atoms. The van der Waals surface area contributed by atoms with E-state index in [1.807, 2.05) is 0 Å². The quantitative estimate of drug-likeness (QED) is 0.372. The van der Waals surface area contributed by atoms with Crippen molar-refractivity contribution in [2.24, 2.45) is 5.16 Å². The Morgan fingerprint density at radius 1 is 1.44 bits per heavy atom. The van der Waals surface area contributed by atoms with Crippen LogP contribution in [-0.4, -0.2) is 23.6 Å². The lowest BCUT2D eigenvalue weighted by atomic mass is 9.95. The molecule has 7 heteroatoms. The highest BCUT2D eigenvalue weighted by Crippen LogP contribution is 2.36. The maximum atomic E-state index is 13.1. The fourth-order valence-corrected chi connectivity index (χ4v) is 2.00. The van der Waals surface area contributed by atoms with Gasteiger partial charge in [0.25, 0.3) is 0 Å². The Balaban J connectivity index is 2.22. The van der Waals surface area contributed by atoms with Gasteiger partial charge >= 0.3 is 6.18 Å². The first-order valence-corrected chi connectivity index (χ1v) is 5.23. The minimum absolute atomic E-state index is 0.258. The summed E-state index contributed by atoms with van der Waals surface area (Å²) in [5.74, 6) is -1.06. The van der Waals surface area contributed by atoms with Crippen LogP contribution >= 0.6 is 0 Å². The molecule has 0 fully saturated rings. The van der Waals surface area contributed by atoms with E-state index in [-0.39, 0.29) is 6.54 Å². The Bertz CT molecular complexity index is 484. The summed E-state index contributed by atoms with van der Waals surface area (Å²) in [6.45, 7) is 0.258. The third-order valence-electron chi connectivity index (χ3n) is 2.88. The van der Waals surface area contributed by atoms with Gasteiger partial charge in [0, 0.05) is 24.6 Å². The molecule has 0 bridgehead atoms. The number of oxime groups is 1. The van der Waals surface area contributed by atoms with Crippen molar-refractivity contribution in [3.8, 4) is 0 Å². The van der Waals surface area contributed by atoms with Crippen LogP contribution in [0.4, 0.5) is 23.2 Å². The normalized spacial score (nSPS) is 19.6. The summed E-state index contributed by atoms with van der Waals surface area (Å²) in [6.07, 6.45) is -5.16. The molecule has 2 N–H and O–H groups in total. The molecule has 0 aromatic heterocycles. The zero-order chi connectivity index (χ0) is 13.3. The van der Waals surface area contributed by atoms with E-state index in [1.54, 1.807) is 0 Å². The van der Waals surface area contributed by atoms with Crippen LogP contribution in [0.2, 0.25) is 0 Å². The Hall–Kier alpha value is -1.79. The van der Waals surface area contributed by atoms with Crippen molar-refractivity contribution in [2.75, 3.05) is 11.9 Å². The summed E-state index contributed by atoms with van der Waals surface area (Å²) >= 11 is 0. The SMILES string of the molecule is O/N=C(/CC1CNc2ccc(F)cc21)C(F)(F)F. The highest BCUT2D eigenvalue weighted by molar-refractivity contribution is 5.90. The van der Waals surface area contributed by atoms with Crippen molar-refractivity contribution in [3.63, 3.8) is 0 Å². The van der Waals surface area contributed by atoms with Gasteiger partial charge in [-0.05, 0) is 23.8 Å². The Morgan fingerprint density at radius 2 is 2.17 bits per heavy atom. The van der Waals surface area contributed by atoms with E-state index in [0.29, 0.717) is 11.3 Å². The van der Waals surface area contributed by atoms with Crippen molar-refractivity contribution in [1.82, 2.24) is 0 Å². The predicted molar refractivity (Wildman–Crippen MR) is 57.5 cm³/mol. The van der Waals surface area contributed by atoms with E-state index in [4.69, 9.17) is 5.21 Å². The number of hydrogen-bond donors (Lipinski definition) is 2. The summed E-state index contributed by atoms with van der Waals surface area (Å²) in [5.41, 5.74) is -0.173. The second kappa shape index (κ2) is 4.47. The summed E-state index contributed by atoms with van der Waals surface area (Å²) < 4.78 is 50.4. The lowest BCUT2D eigenvalue weighted by Crippen LogP contribution is -2.25. The Morgan fingerprint density at radius 3 is 2.78 bits per heavy atom. The standard InChI is InChI=1S/C11H10F4N2O/c12-7-1-2-9-8(4-7)6(5-16-9)3-10(17-18)11(13,14)15/h1-2,4,6,16,18H,3,5H2/b17-10-. The minimum atomic E-state index is -4.68. The van der Waals surface area contributed by atoms with Crippen LogP contribution in [0.15, 0.2) is 23.4 Å². The molecule has 1 atom stereocenters. The van der Waals surface area contributed by atoms with Gasteiger partial charge in [0.15, 0.2) is 5.71 Å². The molecule has 1 heterocycles. The van der Waals surface area contributed by atoms with Crippen LogP contribution in [0.3, 0.4) is 0 Å². The van der Waals surface area contributed by atoms with Crippen LogP contribution in [0.5, 0.6) is 0 Å². The van der Waals surface area contributed by atoms with Crippen LogP contribution in [0, 0.1) is 5.82 Å². The van der Waals surface area contributed by atoms with Crippen molar-refractivity contribution in [2.45, 2.75) is 18.5 Å². The van der Waals surface area contributed by atoms with Gasteiger partial charge in [-0.15, -0.1) is 0 Å². The summed E-state index contributed by atoms with van der Waals surface area (Å²) in [5, 5.41) is 13.6. The second-order valence-corrected chi connectivity index (χ2v) is 4.06. The molecule has 1 aromatic carbocycles. The van der Waals surface area contributed by atoms with Crippen molar-refractivity contribution in [3.05, 3.63) is 29.6 Å². The topological polar surface area (TPSA) is 44.6 Å².